The van der Waals surface area contributed by atoms with Crippen LogP contribution in [0.15, 0.2) is 42.7 Å². The second-order valence-electron chi connectivity index (χ2n) is 9.37. The number of rotatable bonds is 5. The minimum absolute atomic E-state index is 0.213. The summed E-state index contributed by atoms with van der Waals surface area (Å²) in [5.41, 5.74) is 10.4. The lowest BCUT2D eigenvalue weighted by Gasteiger charge is -2.44. The number of carbonyl (C=O) groups excluding carboxylic acids is 1. The Bertz CT molecular complexity index is 1320. The minimum Gasteiger partial charge on any atom is -0.397 e. The van der Waals surface area contributed by atoms with Gasteiger partial charge in [0.05, 0.1) is 23.5 Å². The third-order valence-electron chi connectivity index (χ3n) is 7.15. The van der Waals surface area contributed by atoms with Crippen molar-refractivity contribution in [3.05, 3.63) is 77.0 Å². The molecule has 2 aliphatic rings. The highest BCUT2D eigenvalue weighted by molar-refractivity contribution is 6.00. The number of aliphatic hydroxyl groups is 1. The highest BCUT2D eigenvalue weighted by Gasteiger charge is 2.51. The van der Waals surface area contributed by atoms with Gasteiger partial charge >= 0.3 is 0 Å². The molecule has 0 spiro atoms. The topological polar surface area (TPSA) is 124 Å². The Morgan fingerprint density at radius 3 is 2.69 bits per heavy atom. The number of aromatic nitrogens is 2. The van der Waals surface area contributed by atoms with Crippen LogP contribution in [0.1, 0.15) is 53.4 Å². The zero-order valence-electron chi connectivity index (χ0n) is 19.3. The lowest BCUT2D eigenvalue weighted by atomic mass is 9.82. The molecule has 3 aromatic rings. The van der Waals surface area contributed by atoms with Gasteiger partial charge in [-0.15, -0.1) is 0 Å². The van der Waals surface area contributed by atoms with E-state index in [9.17, 15) is 23.1 Å². The fourth-order valence-corrected chi connectivity index (χ4v) is 5.26. The highest BCUT2D eigenvalue weighted by atomic mass is 19.1. The number of anilines is 1. The maximum Gasteiger partial charge on any atom is 0.187 e. The Balaban J connectivity index is 1.46. The Hall–Kier alpha value is -3.34. The van der Waals surface area contributed by atoms with E-state index in [1.54, 1.807) is 12.3 Å². The molecule has 0 unspecified atom stereocenters. The molecule has 2 aromatic heterocycles. The van der Waals surface area contributed by atoms with Crippen LogP contribution < -0.4 is 11.5 Å². The average molecular weight is 499 g/mol. The summed E-state index contributed by atoms with van der Waals surface area (Å²) < 4.78 is 49.4. The van der Waals surface area contributed by atoms with Gasteiger partial charge in [-0.25, -0.2) is 18.2 Å². The van der Waals surface area contributed by atoms with Gasteiger partial charge in [-0.3, -0.25) is 9.78 Å². The van der Waals surface area contributed by atoms with E-state index in [-0.39, 0.29) is 17.8 Å². The molecule has 5 rings (SSSR count). The molecule has 1 aliphatic heterocycles. The van der Waals surface area contributed by atoms with Crippen LogP contribution in [0, 0.1) is 17.5 Å². The van der Waals surface area contributed by atoms with Gasteiger partial charge in [0.2, 0.25) is 0 Å². The standard InChI is InChI=1S/C26H25F3N4O3/c27-15-3-1-4-16(28)23(15)24-17(29)10-18(30)25(33-24)19(34)9-13-12-32-8-6-14(13)20-11-21(31)26(35)7-2-5-22(26)36-20/h1,3-4,6,8,10,12,20-22,35H,2,5,7,9,11,30-31H2/t20-,21-,22-,26+/m1/s1. The molecule has 5 N–H and O–H groups in total. The van der Waals surface area contributed by atoms with Crippen LogP contribution in [-0.4, -0.2) is 38.6 Å². The van der Waals surface area contributed by atoms with Crippen LogP contribution >= 0.6 is 0 Å². The van der Waals surface area contributed by atoms with Crippen LogP contribution in [0.4, 0.5) is 18.9 Å². The average Bonchev–Trinajstić information content (AvgIpc) is 3.22. The second kappa shape index (κ2) is 9.27. The zero-order valence-corrected chi connectivity index (χ0v) is 19.3. The van der Waals surface area contributed by atoms with Crippen molar-refractivity contribution in [2.45, 2.75) is 56.0 Å². The molecular formula is C26H25F3N4O3. The largest absolute Gasteiger partial charge is 0.397 e. The van der Waals surface area contributed by atoms with Gasteiger partial charge in [0.1, 0.15) is 28.6 Å². The Morgan fingerprint density at radius 1 is 1.19 bits per heavy atom. The van der Waals surface area contributed by atoms with E-state index >= 15 is 0 Å². The number of ether oxygens (including phenoxy) is 1. The Labute approximate surface area is 205 Å². The molecule has 1 saturated heterocycles. The summed E-state index contributed by atoms with van der Waals surface area (Å²) in [4.78, 5) is 21.3. The normalized spacial score (nSPS) is 25.5. The molecule has 1 aromatic carbocycles. The summed E-state index contributed by atoms with van der Waals surface area (Å²) in [5, 5.41) is 10.9. The van der Waals surface area contributed by atoms with Crippen molar-refractivity contribution in [1.82, 2.24) is 9.97 Å². The molecule has 1 aliphatic carbocycles. The predicted octanol–water partition coefficient (Wildman–Crippen LogP) is 3.64. The molecule has 1 saturated carbocycles. The number of halogens is 3. The third kappa shape index (κ3) is 4.15. The Morgan fingerprint density at radius 2 is 1.94 bits per heavy atom. The van der Waals surface area contributed by atoms with Crippen LogP contribution in [0.3, 0.4) is 0 Å². The van der Waals surface area contributed by atoms with Crippen molar-refractivity contribution in [1.29, 1.82) is 0 Å². The quantitative estimate of drug-likeness (QED) is 0.459. The smallest absolute Gasteiger partial charge is 0.187 e. The number of pyridine rings is 2. The van der Waals surface area contributed by atoms with Gasteiger partial charge in [0.25, 0.3) is 0 Å². The SMILES string of the molecule is Nc1cc(F)c(-c2c(F)cccc2F)nc1C(=O)Cc1cnccc1[C@H]1C[C@@H](N)[C@@]2(O)CCC[C@H]2O1. The minimum atomic E-state index is -1.07. The number of nitrogen functional groups attached to an aromatic ring is 1. The van der Waals surface area contributed by atoms with Crippen molar-refractivity contribution < 1.29 is 27.8 Å². The number of Topliss-reactive ketones (excluding diaryl/α,β-unsaturated/α-hetero) is 1. The summed E-state index contributed by atoms with van der Waals surface area (Å²) in [7, 11) is 0. The predicted molar refractivity (Wildman–Crippen MR) is 125 cm³/mol. The number of carbonyl (C=O) groups is 1. The van der Waals surface area contributed by atoms with Crippen LogP contribution in [0.25, 0.3) is 11.3 Å². The van der Waals surface area contributed by atoms with Crippen LogP contribution in [0.2, 0.25) is 0 Å². The molecular weight excluding hydrogens is 473 g/mol. The fraction of sp³-hybridized carbons (Fsp3) is 0.346. The first kappa shape index (κ1) is 24.4. The second-order valence-corrected chi connectivity index (χ2v) is 9.37. The van der Waals surface area contributed by atoms with Crippen molar-refractivity contribution in [2.24, 2.45) is 5.73 Å². The number of fused-ring (bicyclic) bond motifs is 1. The van der Waals surface area contributed by atoms with Crippen LogP contribution in [0.5, 0.6) is 0 Å². The summed E-state index contributed by atoms with van der Waals surface area (Å²) >= 11 is 0. The summed E-state index contributed by atoms with van der Waals surface area (Å²) in [5.74, 6) is -3.67. The molecule has 4 atom stereocenters. The van der Waals surface area contributed by atoms with E-state index in [0.29, 0.717) is 30.4 Å². The number of ketones is 1. The molecule has 36 heavy (non-hydrogen) atoms. The maximum absolute atomic E-state index is 14.6. The lowest BCUT2D eigenvalue weighted by molar-refractivity contribution is -0.171. The first-order valence-corrected chi connectivity index (χ1v) is 11.7. The van der Waals surface area contributed by atoms with Gasteiger partial charge in [-0.2, -0.15) is 0 Å². The summed E-state index contributed by atoms with van der Waals surface area (Å²) in [6, 6.07) is 5.15. The molecule has 188 valence electrons. The number of hydrogen-bond acceptors (Lipinski definition) is 7. The monoisotopic (exact) mass is 498 g/mol. The van der Waals surface area contributed by atoms with Crippen molar-refractivity contribution in [3.8, 4) is 11.3 Å². The highest BCUT2D eigenvalue weighted by Crippen LogP contribution is 2.45. The molecule has 3 heterocycles. The van der Waals surface area contributed by atoms with E-state index in [0.717, 1.165) is 30.7 Å². The third-order valence-corrected chi connectivity index (χ3v) is 7.15. The first-order chi connectivity index (χ1) is 17.2. The zero-order chi connectivity index (χ0) is 25.6. The Kier molecular flexibility index (Phi) is 6.27. The van der Waals surface area contributed by atoms with E-state index in [4.69, 9.17) is 16.2 Å². The number of nitrogens with zero attached hydrogens (tertiary/aromatic N) is 2. The van der Waals surface area contributed by atoms with E-state index < -0.39 is 58.3 Å². The van der Waals surface area contributed by atoms with Crippen molar-refractivity contribution in [2.75, 3.05) is 5.73 Å². The maximum atomic E-state index is 14.6. The number of benzene rings is 1. The molecule has 10 heteroatoms. The van der Waals surface area contributed by atoms with Gasteiger partial charge in [0, 0.05) is 30.9 Å². The van der Waals surface area contributed by atoms with Gasteiger partial charge in [0.15, 0.2) is 11.6 Å². The molecule has 0 amide bonds. The van der Waals surface area contributed by atoms with Gasteiger partial charge < -0.3 is 21.3 Å². The van der Waals surface area contributed by atoms with E-state index in [2.05, 4.69) is 9.97 Å². The first-order valence-electron chi connectivity index (χ1n) is 11.7. The van der Waals surface area contributed by atoms with Gasteiger partial charge in [-0.05, 0) is 55.0 Å². The van der Waals surface area contributed by atoms with Crippen molar-refractivity contribution >= 4 is 11.5 Å². The van der Waals surface area contributed by atoms with E-state index in [1.807, 2.05) is 0 Å². The molecule has 7 nitrogen and oxygen atoms in total. The molecule has 0 bridgehead atoms. The van der Waals surface area contributed by atoms with Crippen LogP contribution in [-0.2, 0) is 11.2 Å². The number of hydrogen-bond donors (Lipinski definition) is 3. The summed E-state index contributed by atoms with van der Waals surface area (Å²) in [6.07, 6.45) is 4.42. The van der Waals surface area contributed by atoms with E-state index in [1.165, 1.54) is 6.20 Å². The fourth-order valence-electron chi connectivity index (χ4n) is 5.26. The number of nitrogens with two attached hydrogens (primary N) is 2. The summed E-state index contributed by atoms with van der Waals surface area (Å²) in [6.45, 7) is 0. The molecule has 0 radical (unpaired) electrons. The van der Waals surface area contributed by atoms with Gasteiger partial charge in [-0.1, -0.05) is 6.07 Å². The molecule has 2 fully saturated rings. The lowest BCUT2D eigenvalue weighted by Crippen LogP contribution is -2.58. The van der Waals surface area contributed by atoms with Crippen molar-refractivity contribution in [3.63, 3.8) is 0 Å².